The number of hydrogen-bond acceptors (Lipinski definition) is 1. The van der Waals surface area contributed by atoms with Gasteiger partial charge in [-0.2, -0.15) is 0 Å². The summed E-state index contributed by atoms with van der Waals surface area (Å²) in [4.78, 5) is 0. The molecule has 1 nitrogen and oxygen atoms in total. The zero-order valence-corrected chi connectivity index (χ0v) is 37.4. The lowest BCUT2D eigenvalue weighted by Crippen LogP contribution is -2.40. The molecule has 8 aromatic carbocycles. The first kappa shape index (κ1) is 36.2. The normalized spacial score (nSPS) is 21.2. The molecule has 6 aliphatic carbocycles. The summed E-state index contributed by atoms with van der Waals surface area (Å²) in [5.41, 5.74) is 29.2. The topological polar surface area (TPSA) is 20.2 Å². The fourth-order valence-electron chi connectivity index (χ4n) is 15.0. The van der Waals surface area contributed by atoms with Crippen LogP contribution in [-0.2, 0) is 27.1 Å². The van der Waals surface area contributed by atoms with Crippen molar-refractivity contribution in [2.45, 2.75) is 88.6 Å². The summed E-state index contributed by atoms with van der Waals surface area (Å²) in [5, 5.41) is 14.8. The van der Waals surface area contributed by atoms with Crippen LogP contribution in [0.25, 0.3) is 66.8 Å². The summed E-state index contributed by atoms with van der Waals surface area (Å²) in [6, 6.07) is 55.0. The van der Waals surface area contributed by atoms with Crippen LogP contribution < -0.4 is 0 Å². The summed E-state index contributed by atoms with van der Waals surface area (Å²) in [6.07, 6.45) is -0.907. The number of aliphatic hydroxyl groups excluding tert-OH is 1. The highest BCUT2D eigenvalue weighted by molar-refractivity contribution is 6.09. The highest BCUT2D eigenvalue weighted by Crippen LogP contribution is 2.74. The largest absolute Gasteiger partial charge is 0.387 e. The Morgan fingerprint density at radius 1 is 0.286 bits per heavy atom. The molecular formula is C62H50O. The van der Waals surface area contributed by atoms with Crippen molar-refractivity contribution in [2.75, 3.05) is 0 Å². The molecule has 0 aliphatic heterocycles. The lowest BCUT2D eigenvalue weighted by molar-refractivity contribution is 0.123. The average Bonchev–Trinajstić information content (AvgIpc) is 3.96. The fraction of sp³-hybridized carbons (Fsp3) is 0.226. The quantitative estimate of drug-likeness (QED) is 0.162. The minimum Gasteiger partial charge on any atom is -0.387 e. The smallest absolute Gasteiger partial charge is 0.0981 e. The molecule has 0 saturated carbocycles. The van der Waals surface area contributed by atoms with Crippen molar-refractivity contribution >= 4 is 0 Å². The molecule has 0 saturated heterocycles. The molecule has 0 aromatic heterocycles. The maximum Gasteiger partial charge on any atom is 0.0981 e. The molecule has 63 heavy (non-hydrogen) atoms. The second-order valence-electron chi connectivity index (χ2n) is 21.5. The fourth-order valence-corrected chi connectivity index (χ4v) is 15.0. The molecule has 2 atom stereocenters. The van der Waals surface area contributed by atoms with E-state index in [4.69, 9.17) is 0 Å². The second-order valence-corrected chi connectivity index (χ2v) is 21.5. The van der Waals surface area contributed by atoms with Crippen LogP contribution in [0.5, 0.6) is 0 Å². The van der Waals surface area contributed by atoms with Gasteiger partial charge in [-0.15, -0.1) is 0 Å². The third-order valence-corrected chi connectivity index (χ3v) is 17.3. The summed E-state index contributed by atoms with van der Waals surface area (Å²) in [5.74, 6) is 0. The standard InChI is InChI=1S/C62H50O/c1-58(2)39-27-15-9-21-33(39)45-51-46(53-47(52(45)58)34-22-10-16-28-40(34)59(53,3)4)37-25-13-19-31-43(37)62(57(51)63)44-32-20-14-26-38(44)50-55-48(35-23-11-17-29-41(35)60(55,5)6)54-49(56(50)62)36-24-12-18-30-42(36)61(54,7)8/h9-32,57,63H,1-8H3. The van der Waals surface area contributed by atoms with Gasteiger partial charge in [0, 0.05) is 21.7 Å². The zero-order valence-electron chi connectivity index (χ0n) is 37.4. The van der Waals surface area contributed by atoms with Crippen LogP contribution in [0.2, 0.25) is 0 Å². The van der Waals surface area contributed by atoms with E-state index in [1.807, 2.05) is 0 Å². The van der Waals surface area contributed by atoms with Gasteiger partial charge in [0.25, 0.3) is 0 Å². The van der Waals surface area contributed by atoms with Crippen molar-refractivity contribution in [3.05, 3.63) is 212 Å². The molecule has 1 N–H and O–H groups in total. The molecule has 8 aromatic rings. The van der Waals surface area contributed by atoms with Gasteiger partial charge >= 0.3 is 0 Å². The van der Waals surface area contributed by atoms with Gasteiger partial charge in [-0.1, -0.05) is 201 Å². The highest BCUT2D eigenvalue weighted by atomic mass is 16.3. The Balaban J connectivity index is 1.23. The van der Waals surface area contributed by atoms with E-state index in [2.05, 4.69) is 201 Å². The van der Waals surface area contributed by atoms with E-state index in [-0.39, 0.29) is 21.7 Å². The van der Waals surface area contributed by atoms with Crippen molar-refractivity contribution in [3.63, 3.8) is 0 Å². The summed E-state index contributed by atoms with van der Waals surface area (Å²) in [6.45, 7) is 19.5. The molecule has 1 heteroatoms. The molecule has 0 amide bonds. The van der Waals surface area contributed by atoms with E-state index in [1.165, 1.54) is 128 Å². The van der Waals surface area contributed by atoms with Crippen LogP contribution in [0.1, 0.15) is 128 Å². The Kier molecular flexibility index (Phi) is 6.37. The lowest BCUT2D eigenvalue weighted by atomic mass is 9.57. The Labute approximate surface area is 371 Å². The van der Waals surface area contributed by atoms with Crippen molar-refractivity contribution < 1.29 is 5.11 Å². The van der Waals surface area contributed by atoms with Gasteiger partial charge in [-0.25, -0.2) is 0 Å². The second kappa shape index (κ2) is 11.1. The Morgan fingerprint density at radius 2 is 0.508 bits per heavy atom. The van der Waals surface area contributed by atoms with Crippen molar-refractivity contribution in [2.24, 2.45) is 0 Å². The first-order valence-electron chi connectivity index (χ1n) is 23.0. The zero-order chi connectivity index (χ0) is 42.9. The van der Waals surface area contributed by atoms with Gasteiger partial charge in [-0.05, 0) is 134 Å². The van der Waals surface area contributed by atoms with Gasteiger partial charge in [0.1, 0.15) is 0 Å². The van der Waals surface area contributed by atoms with E-state index >= 15 is 0 Å². The molecule has 14 rings (SSSR count). The van der Waals surface area contributed by atoms with Crippen LogP contribution in [0, 0.1) is 0 Å². The van der Waals surface area contributed by atoms with Crippen LogP contribution in [0.15, 0.2) is 146 Å². The maximum absolute atomic E-state index is 14.8. The molecule has 6 aliphatic rings. The number of fused-ring (bicyclic) bond motifs is 27. The molecule has 0 heterocycles. The summed E-state index contributed by atoms with van der Waals surface area (Å²) >= 11 is 0. The predicted molar refractivity (Wildman–Crippen MR) is 259 cm³/mol. The molecule has 0 fully saturated rings. The van der Waals surface area contributed by atoms with Crippen LogP contribution in [0.3, 0.4) is 0 Å². The SMILES string of the molecule is CC1(C)c2ccccc2-c2c3c(c4c(c21)-c1ccccc1C4(C)C)-c1ccccc1C1(c2ccccc2-c2c4c(c5c(c21)-c1ccccc1C5(C)C)-c1ccccc1C4(C)C)C3O. The minimum absolute atomic E-state index is 0.285. The van der Waals surface area contributed by atoms with Gasteiger partial charge in [-0.3, -0.25) is 0 Å². The first-order valence-corrected chi connectivity index (χ1v) is 23.0. The molecule has 304 valence electrons. The van der Waals surface area contributed by atoms with Crippen molar-refractivity contribution in [1.29, 1.82) is 0 Å². The van der Waals surface area contributed by atoms with E-state index in [1.54, 1.807) is 0 Å². The van der Waals surface area contributed by atoms with E-state index in [0.29, 0.717) is 0 Å². The van der Waals surface area contributed by atoms with Gasteiger partial charge in [0.05, 0.1) is 11.5 Å². The Bertz CT molecular complexity index is 3450. The molecule has 2 unspecified atom stereocenters. The number of hydrogen-bond donors (Lipinski definition) is 1. The van der Waals surface area contributed by atoms with E-state index in [9.17, 15) is 5.11 Å². The van der Waals surface area contributed by atoms with Gasteiger partial charge in [0.15, 0.2) is 0 Å². The lowest BCUT2D eigenvalue weighted by Gasteiger charge is -2.47. The third-order valence-electron chi connectivity index (χ3n) is 17.3. The van der Waals surface area contributed by atoms with Crippen LogP contribution >= 0.6 is 0 Å². The maximum atomic E-state index is 14.8. The van der Waals surface area contributed by atoms with Gasteiger partial charge in [0.2, 0.25) is 0 Å². The van der Waals surface area contributed by atoms with E-state index < -0.39 is 11.5 Å². The minimum atomic E-state index is -0.924. The molecule has 0 bridgehead atoms. The predicted octanol–water partition coefficient (Wildman–Crippen LogP) is 14.9. The summed E-state index contributed by atoms with van der Waals surface area (Å²) < 4.78 is 0. The van der Waals surface area contributed by atoms with Crippen molar-refractivity contribution in [3.8, 4) is 66.8 Å². The number of rotatable bonds is 0. The van der Waals surface area contributed by atoms with E-state index in [0.717, 1.165) is 5.56 Å². The monoisotopic (exact) mass is 810 g/mol. The van der Waals surface area contributed by atoms with Crippen molar-refractivity contribution in [1.82, 2.24) is 0 Å². The highest BCUT2D eigenvalue weighted by Gasteiger charge is 2.62. The Morgan fingerprint density at radius 3 is 0.841 bits per heavy atom. The van der Waals surface area contributed by atoms with Gasteiger partial charge < -0.3 is 5.11 Å². The summed E-state index contributed by atoms with van der Waals surface area (Å²) in [7, 11) is 0. The molecule has 0 radical (unpaired) electrons. The molecule has 1 spiro atoms. The number of aliphatic hydroxyl groups is 1. The number of benzene rings is 8. The first-order chi connectivity index (χ1) is 30.3. The Hall–Kier alpha value is -6.28. The molecular weight excluding hydrogens is 761 g/mol. The van der Waals surface area contributed by atoms with Crippen LogP contribution in [-0.4, -0.2) is 5.11 Å². The average molecular weight is 811 g/mol. The van der Waals surface area contributed by atoms with Crippen LogP contribution in [0.4, 0.5) is 0 Å². The third kappa shape index (κ3) is 3.73.